The molecule has 1 heterocycles. The molecule has 0 radical (unpaired) electrons. The molecule has 0 spiro atoms. The first-order valence-electron chi connectivity index (χ1n) is 3.57. The van der Waals surface area contributed by atoms with Crippen LogP contribution in [0.15, 0.2) is 4.42 Å². The highest BCUT2D eigenvalue weighted by molar-refractivity contribution is 5.75. The predicted molar refractivity (Wildman–Crippen MR) is 40.8 cm³/mol. The number of carbonyl (C=O) groups is 1. The Kier molecular flexibility index (Phi) is 2.62. The van der Waals surface area contributed by atoms with Gasteiger partial charge >= 0.3 is 6.01 Å². The van der Waals surface area contributed by atoms with Crippen molar-refractivity contribution in [3.63, 3.8) is 0 Å². The van der Waals surface area contributed by atoms with E-state index in [9.17, 15) is 4.79 Å². The Hall–Kier alpha value is -1.59. The first kappa shape index (κ1) is 8.51. The van der Waals surface area contributed by atoms with Gasteiger partial charge in [-0.05, 0) is 0 Å². The fourth-order valence-corrected chi connectivity index (χ4v) is 0.637. The number of aromatic nitrogens is 2. The van der Waals surface area contributed by atoms with Crippen LogP contribution >= 0.6 is 0 Å². The zero-order chi connectivity index (χ0) is 8.97. The van der Waals surface area contributed by atoms with Crippen LogP contribution in [-0.2, 0) is 11.3 Å². The van der Waals surface area contributed by atoms with Crippen molar-refractivity contribution in [2.45, 2.75) is 19.9 Å². The molecule has 0 aliphatic heterocycles. The molecule has 1 amide bonds. The zero-order valence-corrected chi connectivity index (χ0v) is 6.70. The van der Waals surface area contributed by atoms with Crippen LogP contribution in [0.3, 0.4) is 0 Å². The standard InChI is InChI=1S/C6H10N4O2/c1-2-4(11)8-3-5-9-10-6(7)12-5/h2-3H2,1H3,(H2,7,10)(H,8,11). The summed E-state index contributed by atoms with van der Waals surface area (Å²) in [4.78, 5) is 10.8. The van der Waals surface area contributed by atoms with E-state index in [2.05, 4.69) is 15.5 Å². The lowest BCUT2D eigenvalue weighted by Gasteiger charge is -1.96. The number of hydrogen-bond donors (Lipinski definition) is 2. The third-order valence-electron chi connectivity index (χ3n) is 1.24. The topological polar surface area (TPSA) is 94.0 Å². The molecule has 0 aliphatic carbocycles. The van der Waals surface area contributed by atoms with Crippen molar-refractivity contribution < 1.29 is 9.21 Å². The van der Waals surface area contributed by atoms with Crippen molar-refractivity contribution in [2.75, 3.05) is 5.73 Å². The number of rotatable bonds is 3. The molecule has 3 N–H and O–H groups in total. The summed E-state index contributed by atoms with van der Waals surface area (Å²) in [6.45, 7) is 1.99. The van der Waals surface area contributed by atoms with Gasteiger partial charge in [-0.15, -0.1) is 5.10 Å². The van der Waals surface area contributed by atoms with Crippen LogP contribution in [0.1, 0.15) is 19.2 Å². The molecule has 0 aromatic carbocycles. The Balaban J connectivity index is 2.38. The van der Waals surface area contributed by atoms with E-state index in [-0.39, 0.29) is 18.5 Å². The molecule has 1 aromatic rings. The highest BCUT2D eigenvalue weighted by Crippen LogP contribution is 1.98. The summed E-state index contributed by atoms with van der Waals surface area (Å²) < 4.78 is 4.82. The summed E-state index contributed by atoms with van der Waals surface area (Å²) in [5, 5.41) is 9.57. The first-order chi connectivity index (χ1) is 5.72. The molecule has 12 heavy (non-hydrogen) atoms. The second-order valence-electron chi connectivity index (χ2n) is 2.16. The molecular weight excluding hydrogens is 160 g/mol. The minimum atomic E-state index is -0.0632. The molecule has 0 saturated heterocycles. The Bertz CT molecular complexity index is 270. The van der Waals surface area contributed by atoms with Gasteiger partial charge in [0, 0.05) is 6.42 Å². The lowest BCUT2D eigenvalue weighted by atomic mass is 10.4. The monoisotopic (exact) mass is 170 g/mol. The summed E-state index contributed by atoms with van der Waals surface area (Å²) in [5.74, 6) is 0.251. The maximum atomic E-state index is 10.8. The number of nitrogen functional groups attached to an aromatic ring is 1. The number of carbonyl (C=O) groups excluding carboxylic acids is 1. The van der Waals surface area contributed by atoms with Gasteiger partial charge in [0.15, 0.2) is 0 Å². The van der Waals surface area contributed by atoms with Gasteiger partial charge in [-0.25, -0.2) is 0 Å². The zero-order valence-electron chi connectivity index (χ0n) is 6.70. The summed E-state index contributed by atoms with van der Waals surface area (Å²) in [6.07, 6.45) is 0.434. The minimum Gasteiger partial charge on any atom is -0.406 e. The first-order valence-corrected chi connectivity index (χ1v) is 3.57. The number of hydrogen-bond acceptors (Lipinski definition) is 5. The fraction of sp³-hybridized carbons (Fsp3) is 0.500. The number of anilines is 1. The molecule has 1 aromatic heterocycles. The highest BCUT2D eigenvalue weighted by atomic mass is 16.4. The van der Waals surface area contributed by atoms with Crippen molar-refractivity contribution in [1.82, 2.24) is 15.5 Å². The molecule has 6 nitrogen and oxygen atoms in total. The Labute approximate surface area is 69.1 Å². The van der Waals surface area contributed by atoms with Crippen LogP contribution in [-0.4, -0.2) is 16.1 Å². The summed E-state index contributed by atoms with van der Waals surface area (Å²) in [6, 6.07) is 0.00995. The smallest absolute Gasteiger partial charge is 0.312 e. The number of nitrogens with zero attached hydrogens (tertiary/aromatic N) is 2. The largest absolute Gasteiger partial charge is 0.406 e. The van der Waals surface area contributed by atoms with Gasteiger partial charge in [0.1, 0.15) is 0 Å². The van der Waals surface area contributed by atoms with Gasteiger partial charge in [-0.3, -0.25) is 4.79 Å². The molecular formula is C6H10N4O2. The maximum Gasteiger partial charge on any atom is 0.312 e. The van der Waals surface area contributed by atoms with E-state index in [0.717, 1.165) is 0 Å². The highest BCUT2D eigenvalue weighted by Gasteiger charge is 2.03. The van der Waals surface area contributed by atoms with Crippen molar-refractivity contribution in [1.29, 1.82) is 0 Å². The number of nitrogens with two attached hydrogens (primary N) is 1. The van der Waals surface area contributed by atoms with Gasteiger partial charge in [0.25, 0.3) is 0 Å². The SMILES string of the molecule is CCC(=O)NCc1nnc(N)o1. The van der Waals surface area contributed by atoms with Gasteiger partial charge in [0.05, 0.1) is 6.54 Å². The molecule has 66 valence electrons. The summed E-state index contributed by atoms with van der Waals surface area (Å²) in [7, 11) is 0. The van der Waals surface area contributed by atoms with Gasteiger partial charge < -0.3 is 15.5 Å². The third-order valence-corrected chi connectivity index (χ3v) is 1.24. The van der Waals surface area contributed by atoms with Crippen LogP contribution in [0.25, 0.3) is 0 Å². The van der Waals surface area contributed by atoms with Crippen LogP contribution < -0.4 is 11.1 Å². The van der Waals surface area contributed by atoms with Crippen molar-refractivity contribution in [3.8, 4) is 0 Å². The van der Waals surface area contributed by atoms with Crippen molar-refractivity contribution >= 4 is 11.9 Å². The Morgan fingerprint density at radius 3 is 2.92 bits per heavy atom. The van der Waals surface area contributed by atoms with E-state index in [0.29, 0.717) is 12.3 Å². The average Bonchev–Trinajstić information content (AvgIpc) is 2.47. The van der Waals surface area contributed by atoms with Crippen LogP contribution in [0.4, 0.5) is 6.01 Å². The van der Waals surface area contributed by atoms with E-state index in [1.807, 2.05) is 0 Å². The van der Waals surface area contributed by atoms with E-state index >= 15 is 0 Å². The average molecular weight is 170 g/mol. The van der Waals surface area contributed by atoms with Crippen molar-refractivity contribution in [2.24, 2.45) is 0 Å². The lowest BCUT2D eigenvalue weighted by Crippen LogP contribution is -2.21. The molecule has 6 heteroatoms. The Morgan fingerprint density at radius 2 is 2.42 bits per heavy atom. The van der Waals surface area contributed by atoms with Crippen molar-refractivity contribution in [3.05, 3.63) is 5.89 Å². The number of amides is 1. The van der Waals surface area contributed by atoms with Gasteiger partial charge in [-0.2, -0.15) is 0 Å². The summed E-state index contributed by atoms with van der Waals surface area (Å²) in [5.41, 5.74) is 5.16. The fourth-order valence-electron chi connectivity index (χ4n) is 0.637. The van der Waals surface area contributed by atoms with E-state index in [1.54, 1.807) is 6.92 Å². The van der Waals surface area contributed by atoms with Crippen LogP contribution in [0.5, 0.6) is 0 Å². The molecule has 0 atom stereocenters. The Morgan fingerprint density at radius 1 is 1.67 bits per heavy atom. The predicted octanol–water partition coefficient (Wildman–Crippen LogP) is -0.322. The molecule has 0 aliphatic rings. The lowest BCUT2D eigenvalue weighted by molar-refractivity contribution is -0.121. The molecule has 1 rings (SSSR count). The normalized spacial score (nSPS) is 9.75. The number of nitrogens with one attached hydrogen (secondary N) is 1. The van der Waals surface area contributed by atoms with Crippen LogP contribution in [0, 0.1) is 0 Å². The second-order valence-corrected chi connectivity index (χ2v) is 2.16. The maximum absolute atomic E-state index is 10.8. The third kappa shape index (κ3) is 2.22. The van der Waals surface area contributed by atoms with Gasteiger partial charge in [0.2, 0.25) is 11.8 Å². The summed E-state index contributed by atoms with van der Waals surface area (Å²) >= 11 is 0. The van der Waals surface area contributed by atoms with Crippen LogP contribution in [0.2, 0.25) is 0 Å². The molecule has 0 fully saturated rings. The molecule has 0 saturated carbocycles. The quantitative estimate of drug-likeness (QED) is 0.648. The molecule has 0 bridgehead atoms. The van der Waals surface area contributed by atoms with E-state index in [1.165, 1.54) is 0 Å². The second kappa shape index (κ2) is 3.70. The van der Waals surface area contributed by atoms with E-state index in [4.69, 9.17) is 10.2 Å². The minimum absolute atomic E-state index is 0.00995. The van der Waals surface area contributed by atoms with E-state index < -0.39 is 0 Å². The molecule has 0 unspecified atom stereocenters. The van der Waals surface area contributed by atoms with Gasteiger partial charge in [-0.1, -0.05) is 12.0 Å².